The molecule has 0 bridgehead atoms. The number of aromatic nitrogens is 2. The second kappa shape index (κ2) is 10.3. The smallest absolute Gasteiger partial charge is 0.228 e. The number of para-hydroxylation sites is 1. The lowest BCUT2D eigenvalue weighted by atomic mass is 10.1. The summed E-state index contributed by atoms with van der Waals surface area (Å²) in [7, 11) is 0. The number of aryl methyl sites for hydroxylation is 2. The topological polar surface area (TPSA) is 84.6 Å². The van der Waals surface area contributed by atoms with Crippen molar-refractivity contribution in [1.82, 2.24) is 20.8 Å². The Morgan fingerprint density at radius 2 is 1.93 bits per heavy atom. The summed E-state index contributed by atoms with van der Waals surface area (Å²) >= 11 is 0. The van der Waals surface area contributed by atoms with Gasteiger partial charge in [-0.25, -0.2) is 4.99 Å². The number of rotatable bonds is 8. The third kappa shape index (κ3) is 6.34. The minimum atomic E-state index is 0.497. The van der Waals surface area contributed by atoms with Crippen molar-refractivity contribution in [2.45, 2.75) is 33.7 Å². The fraction of sp³-hybridized carbons (Fsp3) is 0.318. The van der Waals surface area contributed by atoms with E-state index < -0.39 is 0 Å². The van der Waals surface area contributed by atoms with Gasteiger partial charge in [0.2, 0.25) is 5.89 Å². The van der Waals surface area contributed by atoms with Crippen molar-refractivity contribution in [2.24, 2.45) is 4.99 Å². The minimum absolute atomic E-state index is 0.497. The van der Waals surface area contributed by atoms with Gasteiger partial charge in [0.05, 0.1) is 6.54 Å². The number of ether oxygens (including phenoxy) is 1. The number of nitrogens with zero attached hydrogens (tertiary/aromatic N) is 3. The highest BCUT2D eigenvalue weighted by Gasteiger charge is 2.07. The number of aliphatic imine (C=N–C) groups is 1. The predicted octanol–water partition coefficient (Wildman–Crippen LogP) is 3.78. The summed E-state index contributed by atoms with van der Waals surface area (Å²) in [4.78, 5) is 8.91. The number of hydrogen-bond donors (Lipinski definition) is 2. The zero-order valence-electron chi connectivity index (χ0n) is 17.1. The predicted molar refractivity (Wildman–Crippen MR) is 113 cm³/mol. The van der Waals surface area contributed by atoms with Crippen LogP contribution in [-0.2, 0) is 13.0 Å². The van der Waals surface area contributed by atoms with E-state index in [9.17, 15) is 0 Å². The van der Waals surface area contributed by atoms with Crippen LogP contribution in [0.2, 0.25) is 0 Å². The number of nitrogens with one attached hydrogen (secondary N) is 2. The molecule has 0 radical (unpaired) electrons. The van der Waals surface area contributed by atoms with Gasteiger partial charge in [-0.05, 0) is 44.5 Å². The molecule has 1 aromatic heterocycles. The van der Waals surface area contributed by atoms with Crippen LogP contribution in [0.1, 0.15) is 29.8 Å². The first-order chi connectivity index (χ1) is 14.1. The van der Waals surface area contributed by atoms with E-state index in [4.69, 9.17) is 14.3 Å². The molecule has 7 nitrogen and oxygen atoms in total. The Morgan fingerprint density at radius 1 is 1.10 bits per heavy atom. The van der Waals surface area contributed by atoms with Crippen molar-refractivity contribution in [3.63, 3.8) is 0 Å². The van der Waals surface area contributed by atoms with Gasteiger partial charge in [-0.2, -0.15) is 4.98 Å². The van der Waals surface area contributed by atoms with Crippen LogP contribution in [0.3, 0.4) is 0 Å². The van der Waals surface area contributed by atoms with Crippen LogP contribution in [0.15, 0.2) is 58.0 Å². The monoisotopic (exact) mass is 393 g/mol. The molecule has 0 unspecified atom stereocenters. The normalized spacial score (nSPS) is 11.3. The molecule has 0 atom stereocenters. The van der Waals surface area contributed by atoms with Crippen LogP contribution in [0.25, 0.3) is 0 Å². The van der Waals surface area contributed by atoms with Crippen LogP contribution in [0.4, 0.5) is 0 Å². The summed E-state index contributed by atoms with van der Waals surface area (Å²) in [5.41, 5.74) is 2.16. The van der Waals surface area contributed by atoms with E-state index in [-0.39, 0.29) is 0 Å². The molecule has 3 rings (SSSR count). The van der Waals surface area contributed by atoms with Gasteiger partial charge in [0.15, 0.2) is 11.8 Å². The highest BCUT2D eigenvalue weighted by molar-refractivity contribution is 5.79. The second-order valence-corrected chi connectivity index (χ2v) is 6.63. The molecule has 0 spiro atoms. The summed E-state index contributed by atoms with van der Waals surface area (Å²) in [5.74, 6) is 3.61. The summed E-state index contributed by atoms with van der Waals surface area (Å²) in [6, 6.07) is 15.9. The highest BCUT2D eigenvalue weighted by atomic mass is 16.5. The minimum Gasteiger partial charge on any atom is -0.457 e. The SMILES string of the molecule is CCNC(=NCc1ccc(C)cc1Oc1ccccc1)NCCc1nc(C)no1. The van der Waals surface area contributed by atoms with Crippen molar-refractivity contribution in [1.29, 1.82) is 0 Å². The molecule has 29 heavy (non-hydrogen) atoms. The van der Waals surface area contributed by atoms with Crippen LogP contribution >= 0.6 is 0 Å². The van der Waals surface area contributed by atoms with E-state index in [1.165, 1.54) is 0 Å². The molecule has 2 aromatic carbocycles. The first-order valence-corrected chi connectivity index (χ1v) is 9.78. The average Bonchev–Trinajstić information content (AvgIpc) is 3.13. The highest BCUT2D eigenvalue weighted by Crippen LogP contribution is 2.27. The lowest BCUT2D eigenvalue weighted by Crippen LogP contribution is -2.38. The Hall–Kier alpha value is -3.35. The van der Waals surface area contributed by atoms with E-state index in [0.717, 1.165) is 35.1 Å². The lowest BCUT2D eigenvalue weighted by molar-refractivity contribution is 0.374. The zero-order chi connectivity index (χ0) is 20.5. The number of benzene rings is 2. The average molecular weight is 393 g/mol. The molecule has 1 heterocycles. The lowest BCUT2D eigenvalue weighted by Gasteiger charge is -2.13. The maximum Gasteiger partial charge on any atom is 0.228 e. The third-order valence-corrected chi connectivity index (χ3v) is 4.15. The van der Waals surface area contributed by atoms with Crippen molar-refractivity contribution < 1.29 is 9.26 Å². The maximum atomic E-state index is 6.09. The summed E-state index contributed by atoms with van der Waals surface area (Å²) in [6.45, 7) is 7.81. The van der Waals surface area contributed by atoms with E-state index in [0.29, 0.717) is 31.2 Å². The van der Waals surface area contributed by atoms with Gasteiger partial charge in [-0.3, -0.25) is 0 Å². The molecule has 7 heteroatoms. The molecule has 3 aromatic rings. The van der Waals surface area contributed by atoms with E-state index in [1.54, 1.807) is 0 Å². The van der Waals surface area contributed by atoms with Gasteiger partial charge in [-0.15, -0.1) is 0 Å². The third-order valence-electron chi connectivity index (χ3n) is 4.15. The largest absolute Gasteiger partial charge is 0.457 e. The van der Waals surface area contributed by atoms with E-state index >= 15 is 0 Å². The molecule has 152 valence electrons. The summed E-state index contributed by atoms with van der Waals surface area (Å²) < 4.78 is 11.2. The molecule has 2 N–H and O–H groups in total. The standard InChI is InChI=1S/C22H27N5O2/c1-4-23-22(24-13-12-21-26-17(3)27-29-21)25-15-18-11-10-16(2)14-20(18)28-19-8-6-5-7-9-19/h5-11,14H,4,12-13,15H2,1-3H3,(H2,23,24,25). The van der Waals surface area contributed by atoms with Gasteiger partial charge in [-0.1, -0.05) is 35.5 Å². The molecule has 0 amide bonds. The summed E-state index contributed by atoms with van der Waals surface area (Å²) in [6.07, 6.45) is 0.637. The van der Waals surface area contributed by atoms with Crippen molar-refractivity contribution in [2.75, 3.05) is 13.1 Å². The van der Waals surface area contributed by atoms with Gasteiger partial charge in [0, 0.05) is 25.1 Å². The summed E-state index contributed by atoms with van der Waals surface area (Å²) in [5, 5.41) is 10.4. The molecule has 0 aliphatic rings. The Balaban J connectivity index is 1.66. The van der Waals surface area contributed by atoms with Gasteiger partial charge < -0.3 is 19.9 Å². The molecule has 0 aliphatic heterocycles. The van der Waals surface area contributed by atoms with Gasteiger partial charge >= 0.3 is 0 Å². The molecule has 0 saturated carbocycles. The number of guanidine groups is 1. The van der Waals surface area contributed by atoms with Crippen LogP contribution in [0, 0.1) is 13.8 Å². The van der Waals surface area contributed by atoms with Crippen molar-refractivity contribution in [3.05, 3.63) is 71.4 Å². The van der Waals surface area contributed by atoms with Crippen molar-refractivity contribution >= 4 is 5.96 Å². The van der Waals surface area contributed by atoms with Crippen molar-refractivity contribution in [3.8, 4) is 11.5 Å². The van der Waals surface area contributed by atoms with E-state index in [2.05, 4.69) is 39.8 Å². The Labute approximate surface area is 171 Å². The molecular formula is C22H27N5O2. The maximum absolute atomic E-state index is 6.09. The molecular weight excluding hydrogens is 366 g/mol. The second-order valence-electron chi connectivity index (χ2n) is 6.63. The molecule has 0 aliphatic carbocycles. The fourth-order valence-corrected chi connectivity index (χ4v) is 2.74. The van der Waals surface area contributed by atoms with E-state index in [1.807, 2.05) is 50.2 Å². The molecule has 0 fully saturated rings. The van der Waals surface area contributed by atoms with Crippen LogP contribution in [0.5, 0.6) is 11.5 Å². The quantitative estimate of drug-likeness (QED) is 0.448. The van der Waals surface area contributed by atoms with Gasteiger partial charge in [0.1, 0.15) is 11.5 Å². The van der Waals surface area contributed by atoms with Crippen LogP contribution in [-0.4, -0.2) is 29.2 Å². The zero-order valence-corrected chi connectivity index (χ0v) is 17.1. The Morgan fingerprint density at radius 3 is 2.66 bits per heavy atom. The Bertz CT molecular complexity index is 937. The first kappa shape index (κ1) is 20.4. The molecule has 0 saturated heterocycles. The van der Waals surface area contributed by atoms with Gasteiger partial charge in [0.25, 0.3) is 0 Å². The first-order valence-electron chi connectivity index (χ1n) is 9.78. The fourth-order valence-electron chi connectivity index (χ4n) is 2.74. The Kier molecular flexibility index (Phi) is 7.22. The van der Waals surface area contributed by atoms with Crippen LogP contribution < -0.4 is 15.4 Å². The number of hydrogen-bond acceptors (Lipinski definition) is 5.